The van der Waals surface area contributed by atoms with Crippen molar-refractivity contribution in [3.05, 3.63) is 62.1 Å². The molecule has 0 aromatic heterocycles. The van der Waals surface area contributed by atoms with Crippen LogP contribution in [0.1, 0.15) is 10.4 Å². The molecule has 0 unspecified atom stereocenters. The fourth-order valence-corrected chi connectivity index (χ4v) is 1.83. The predicted molar refractivity (Wildman–Crippen MR) is 109 cm³/mol. The van der Waals surface area contributed by atoms with Crippen LogP contribution in [0, 0.1) is 0 Å². The van der Waals surface area contributed by atoms with Crippen LogP contribution in [-0.4, -0.2) is 58.5 Å². The Bertz CT molecular complexity index is 804. The molecule has 0 aliphatic heterocycles. The van der Waals surface area contributed by atoms with E-state index in [1.807, 2.05) is 0 Å². The Morgan fingerprint density at radius 3 is 2.09 bits per heavy atom. The molecule has 0 fully saturated rings. The molecule has 12 heteroatoms. The van der Waals surface area contributed by atoms with Crippen LogP contribution in [0.2, 0.25) is 0 Å². The van der Waals surface area contributed by atoms with Gasteiger partial charge in [0.25, 0.3) is 0 Å². The summed E-state index contributed by atoms with van der Waals surface area (Å²) in [7, 11) is 0. The molecule has 1 aromatic rings. The van der Waals surface area contributed by atoms with Gasteiger partial charge in [0, 0.05) is 12.1 Å². The van der Waals surface area contributed by atoms with Crippen LogP contribution < -0.4 is 9.47 Å². The fraction of sp³-hybridized carbons (Fsp3) is 0.286. The lowest BCUT2D eigenvalue weighted by molar-refractivity contribution is -0.156. The first-order chi connectivity index (χ1) is 16.0. The van der Waals surface area contributed by atoms with Crippen LogP contribution in [0.3, 0.4) is 0 Å². The van der Waals surface area contributed by atoms with Crippen molar-refractivity contribution in [2.24, 2.45) is 0 Å². The van der Waals surface area contributed by atoms with Crippen molar-refractivity contribution < 1.29 is 57.0 Å². The number of esters is 3. The molecule has 0 heterocycles. The first-order valence-electron chi connectivity index (χ1n) is 9.13. The molecule has 0 radical (unpaired) electrons. The molecule has 0 aliphatic rings. The van der Waals surface area contributed by atoms with Gasteiger partial charge < -0.3 is 42.6 Å². The molecule has 0 aliphatic carbocycles. The van der Waals surface area contributed by atoms with Crippen LogP contribution in [0.25, 0.3) is 0 Å². The molecule has 0 N–H and O–H groups in total. The summed E-state index contributed by atoms with van der Waals surface area (Å²) < 4.78 is 44.4. The highest BCUT2D eigenvalue weighted by molar-refractivity contribution is 5.90. The van der Waals surface area contributed by atoms with Gasteiger partial charge in [-0.3, -0.25) is 0 Å². The molecule has 1 aromatic carbocycles. The van der Waals surface area contributed by atoms with Crippen molar-refractivity contribution in [3.63, 3.8) is 0 Å². The monoisotopic (exact) mass is 468 g/mol. The maximum absolute atomic E-state index is 12.3. The predicted octanol–water partition coefficient (Wildman–Crippen LogP) is 2.01. The molecule has 0 spiro atoms. The molecule has 0 saturated heterocycles. The quantitative estimate of drug-likeness (QED) is 0.0779. The zero-order valence-electron chi connectivity index (χ0n) is 17.7. The molecule has 0 amide bonds. The summed E-state index contributed by atoms with van der Waals surface area (Å²) in [6.07, 6.45) is 3.29. The Hall–Kier alpha value is -3.87. The summed E-state index contributed by atoms with van der Waals surface area (Å²) in [5.41, 5.74) is -0.0162. The van der Waals surface area contributed by atoms with Crippen molar-refractivity contribution in [2.75, 3.05) is 40.6 Å². The van der Waals surface area contributed by atoms with Crippen LogP contribution in [0.5, 0.6) is 11.5 Å². The number of carbonyl (C=O) groups is 3. The van der Waals surface area contributed by atoms with Gasteiger partial charge in [0.05, 0.1) is 18.1 Å². The minimum absolute atomic E-state index is 0.0162. The highest BCUT2D eigenvalue weighted by Crippen LogP contribution is 2.24. The third kappa shape index (κ3) is 12.5. The Balaban J connectivity index is 2.75. The Kier molecular flexibility index (Phi) is 13.8. The number of benzene rings is 1. The average Bonchev–Trinajstić information content (AvgIpc) is 2.81. The minimum atomic E-state index is -0.798. The second-order valence-electron chi connectivity index (χ2n) is 5.42. The molecule has 180 valence electrons. The summed E-state index contributed by atoms with van der Waals surface area (Å²) in [5, 5.41) is 0. The van der Waals surface area contributed by atoms with Gasteiger partial charge in [0.2, 0.25) is 0 Å². The van der Waals surface area contributed by atoms with Crippen molar-refractivity contribution in [1.82, 2.24) is 0 Å². The third-order valence-corrected chi connectivity index (χ3v) is 3.14. The lowest BCUT2D eigenvalue weighted by Gasteiger charge is -2.12. The van der Waals surface area contributed by atoms with E-state index in [0.717, 1.165) is 18.6 Å². The van der Waals surface area contributed by atoms with Gasteiger partial charge in [-0.1, -0.05) is 19.7 Å². The second-order valence-corrected chi connectivity index (χ2v) is 5.42. The molecule has 0 atom stereocenters. The Labute approximate surface area is 189 Å². The van der Waals surface area contributed by atoms with Crippen molar-refractivity contribution >= 4 is 17.9 Å². The van der Waals surface area contributed by atoms with E-state index in [0.29, 0.717) is 0 Å². The topological polar surface area (TPSA) is 134 Å². The van der Waals surface area contributed by atoms with Gasteiger partial charge in [-0.2, -0.15) is 0 Å². The third-order valence-electron chi connectivity index (χ3n) is 3.14. The lowest BCUT2D eigenvalue weighted by atomic mass is 10.2. The van der Waals surface area contributed by atoms with E-state index < -0.39 is 31.3 Å². The molecule has 0 saturated carbocycles. The Morgan fingerprint density at radius 1 is 0.758 bits per heavy atom. The summed E-state index contributed by atoms with van der Waals surface area (Å²) in [6, 6.07) is 3.89. The highest BCUT2D eigenvalue weighted by atomic mass is 16.7. The van der Waals surface area contributed by atoms with Crippen LogP contribution in [0.4, 0.5) is 0 Å². The molecule has 1 rings (SSSR count). The van der Waals surface area contributed by atoms with Gasteiger partial charge in [-0.05, 0) is 12.1 Å². The molecule has 0 bridgehead atoms. The van der Waals surface area contributed by atoms with Crippen LogP contribution in [0.15, 0.2) is 56.5 Å². The Morgan fingerprint density at radius 2 is 1.39 bits per heavy atom. The van der Waals surface area contributed by atoms with E-state index in [1.165, 1.54) is 18.2 Å². The number of hydrogen-bond donors (Lipinski definition) is 0. The molecule has 12 nitrogen and oxygen atoms in total. The fourth-order valence-electron chi connectivity index (χ4n) is 1.83. The minimum Gasteiger partial charge on any atom is -0.476 e. The summed E-state index contributed by atoms with van der Waals surface area (Å²) >= 11 is 0. The van der Waals surface area contributed by atoms with Crippen molar-refractivity contribution in [3.8, 4) is 11.5 Å². The number of carbonyl (C=O) groups excluding carboxylic acids is 3. The van der Waals surface area contributed by atoms with Crippen LogP contribution >= 0.6 is 0 Å². The second kappa shape index (κ2) is 16.8. The van der Waals surface area contributed by atoms with E-state index in [-0.39, 0.29) is 44.2 Å². The summed E-state index contributed by atoms with van der Waals surface area (Å²) in [5.74, 6) is -2.18. The zero-order valence-corrected chi connectivity index (χ0v) is 17.7. The smallest absolute Gasteiger partial charge is 0.340 e. The lowest BCUT2D eigenvalue weighted by Crippen LogP contribution is -2.17. The first-order valence-corrected chi connectivity index (χ1v) is 9.13. The van der Waals surface area contributed by atoms with E-state index in [9.17, 15) is 14.4 Å². The van der Waals surface area contributed by atoms with E-state index in [2.05, 4.69) is 24.5 Å². The largest absolute Gasteiger partial charge is 0.476 e. The zero-order chi connectivity index (χ0) is 24.3. The SMILES string of the molecule is C=COCOCOC(=O)c1cc(OCOCOC(=O)C=C)cc(OC(=O)COCOC=C)c1. The molecular formula is C21H24O12. The standard InChI is InChI=1S/C21H24O12/c1-4-19(22)31-14-29-13-30-17-7-16(21(24)32-15-28-12-26-6-3)8-18(9-17)33-20(23)10-27-11-25-5-2/h4-9H,1-3,10-15H2. The average molecular weight is 468 g/mol. The molecular weight excluding hydrogens is 444 g/mol. The van der Waals surface area contributed by atoms with Crippen LogP contribution in [-0.2, 0) is 42.7 Å². The molecule has 33 heavy (non-hydrogen) atoms. The van der Waals surface area contributed by atoms with E-state index in [4.69, 9.17) is 37.9 Å². The number of rotatable bonds is 18. The summed E-state index contributed by atoms with van der Waals surface area (Å²) in [6.45, 7) is 8.00. The van der Waals surface area contributed by atoms with E-state index >= 15 is 0 Å². The van der Waals surface area contributed by atoms with Gasteiger partial charge in [-0.25, -0.2) is 14.4 Å². The summed E-state index contributed by atoms with van der Waals surface area (Å²) in [4.78, 5) is 35.2. The highest BCUT2D eigenvalue weighted by Gasteiger charge is 2.14. The van der Waals surface area contributed by atoms with E-state index in [1.54, 1.807) is 0 Å². The number of hydrogen-bond acceptors (Lipinski definition) is 12. The van der Waals surface area contributed by atoms with Gasteiger partial charge in [-0.15, -0.1) is 0 Å². The van der Waals surface area contributed by atoms with Gasteiger partial charge in [0.15, 0.2) is 34.0 Å². The maximum Gasteiger partial charge on any atom is 0.340 e. The van der Waals surface area contributed by atoms with Gasteiger partial charge in [0.1, 0.15) is 18.1 Å². The van der Waals surface area contributed by atoms with Gasteiger partial charge >= 0.3 is 17.9 Å². The van der Waals surface area contributed by atoms with Crippen molar-refractivity contribution in [2.45, 2.75) is 0 Å². The maximum atomic E-state index is 12.3. The number of ether oxygens (including phenoxy) is 9. The normalized spacial score (nSPS) is 9.82. The first kappa shape index (κ1) is 27.2. The van der Waals surface area contributed by atoms with Crippen molar-refractivity contribution in [1.29, 1.82) is 0 Å².